The predicted octanol–water partition coefficient (Wildman–Crippen LogP) is 2.18. The quantitative estimate of drug-likeness (QED) is 0.718. The Hall–Kier alpha value is -3.14. The van der Waals surface area contributed by atoms with Gasteiger partial charge in [0.25, 0.3) is 0 Å². The fourth-order valence-corrected chi connectivity index (χ4v) is 3.90. The first-order valence-corrected chi connectivity index (χ1v) is 10.3. The van der Waals surface area contributed by atoms with Crippen LogP contribution in [0.1, 0.15) is 11.1 Å². The van der Waals surface area contributed by atoms with Crippen LogP contribution in [0, 0.1) is 0 Å². The highest BCUT2D eigenvalue weighted by molar-refractivity contribution is 5.89. The molecule has 1 aromatic carbocycles. The molecule has 0 bridgehead atoms. The summed E-state index contributed by atoms with van der Waals surface area (Å²) >= 11 is 0. The van der Waals surface area contributed by atoms with E-state index >= 15 is 0 Å². The Kier molecular flexibility index (Phi) is 6.31. The van der Waals surface area contributed by atoms with Gasteiger partial charge in [0.05, 0.1) is 12.2 Å². The zero-order valence-electron chi connectivity index (χ0n) is 17.3. The van der Waals surface area contributed by atoms with Gasteiger partial charge < -0.3 is 19.4 Å². The van der Waals surface area contributed by atoms with Crippen LogP contribution in [0.3, 0.4) is 0 Å². The van der Waals surface area contributed by atoms with Crippen LogP contribution in [0.4, 0.5) is 19.0 Å². The number of carbonyl (C=O) groups is 2. The highest BCUT2D eigenvalue weighted by Crippen LogP contribution is 2.29. The van der Waals surface area contributed by atoms with Crippen LogP contribution in [0.25, 0.3) is 0 Å². The molecule has 170 valence electrons. The first-order chi connectivity index (χ1) is 15.3. The summed E-state index contributed by atoms with van der Waals surface area (Å²) in [6.45, 7) is 2.04. The number of carbonyl (C=O) groups excluding carboxylic acids is 2. The van der Waals surface area contributed by atoms with E-state index in [0.717, 1.165) is 17.8 Å². The van der Waals surface area contributed by atoms with Crippen molar-refractivity contribution in [2.45, 2.75) is 18.8 Å². The number of ether oxygens (including phenoxy) is 1. The van der Waals surface area contributed by atoms with E-state index in [0.29, 0.717) is 38.5 Å². The van der Waals surface area contributed by atoms with Crippen molar-refractivity contribution in [2.75, 3.05) is 44.3 Å². The monoisotopic (exact) mass is 448 g/mol. The standard InChI is InChI=1S/C22H23F3N4O3/c23-22(24,25)17-6-7-19(26-12-17)27-8-10-28(11-9-27)21(31)18-14-32-15-20(30)29(18)13-16-4-2-1-3-5-16/h1-7,12,18H,8-11,13-15H2. The van der Waals surface area contributed by atoms with Crippen LogP contribution < -0.4 is 4.90 Å². The van der Waals surface area contributed by atoms with E-state index in [9.17, 15) is 22.8 Å². The summed E-state index contributed by atoms with van der Waals surface area (Å²) in [5, 5.41) is 0. The molecule has 0 N–H and O–H groups in total. The van der Waals surface area contributed by atoms with Crippen molar-refractivity contribution < 1.29 is 27.5 Å². The van der Waals surface area contributed by atoms with Gasteiger partial charge in [-0.2, -0.15) is 13.2 Å². The van der Waals surface area contributed by atoms with Gasteiger partial charge in [-0.05, 0) is 17.7 Å². The molecule has 1 aromatic heterocycles. The fourth-order valence-electron chi connectivity index (χ4n) is 3.90. The van der Waals surface area contributed by atoms with Gasteiger partial charge >= 0.3 is 6.18 Å². The maximum Gasteiger partial charge on any atom is 0.417 e. The summed E-state index contributed by atoms with van der Waals surface area (Å²) in [6.07, 6.45) is -3.61. The largest absolute Gasteiger partial charge is 0.417 e. The van der Waals surface area contributed by atoms with Gasteiger partial charge in [0.15, 0.2) is 0 Å². The third-order valence-electron chi connectivity index (χ3n) is 5.67. The summed E-state index contributed by atoms with van der Waals surface area (Å²) in [6, 6.07) is 11.1. The van der Waals surface area contributed by atoms with Gasteiger partial charge in [-0.25, -0.2) is 4.98 Å². The number of amides is 2. The summed E-state index contributed by atoms with van der Waals surface area (Å²) in [7, 11) is 0. The molecule has 4 rings (SSSR count). The molecular formula is C22H23F3N4O3. The molecule has 0 radical (unpaired) electrons. The first kappa shape index (κ1) is 22.1. The Morgan fingerprint density at radius 3 is 2.41 bits per heavy atom. The number of morpholine rings is 1. The average Bonchev–Trinajstić information content (AvgIpc) is 2.80. The molecule has 10 heteroatoms. The maximum atomic E-state index is 13.2. The number of hydrogen-bond donors (Lipinski definition) is 0. The number of aromatic nitrogens is 1. The Morgan fingerprint density at radius 1 is 1.06 bits per heavy atom. The second-order valence-electron chi connectivity index (χ2n) is 7.75. The normalized spacial score (nSPS) is 19.9. The minimum Gasteiger partial charge on any atom is -0.369 e. The lowest BCUT2D eigenvalue weighted by Crippen LogP contribution is -2.59. The zero-order valence-corrected chi connectivity index (χ0v) is 17.3. The molecule has 1 unspecified atom stereocenters. The molecule has 2 aromatic rings. The lowest BCUT2D eigenvalue weighted by atomic mass is 10.1. The molecule has 0 aliphatic carbocycles. The SMILES string of the molecule is O=C(C1COCC(=O)N1Cc1ccccc1)N1CCN(c2ccc(C(F)(F)F)cn2)CC1. The van der Waals surface area contributed by atoms with Crippen molar-refractivity contribution in [1.82, 2.24) is 14.8 Å². The smallest absolute Gasteiger partial charge is 0.369 e. The molecule has 2 aliphatic heterocycles. The molecule has 2 saturated heterocycles. The first-order valence-electron chi connectivity index (χ1n) is 10.3. The lowest BCUT2D eigenvalue weighted by Gasteiger charge is -2.41. The van der Waals surface area contributed by atoms with Gasteiger partial charge in [-0.1, -0.05) is 30.3 Å². The number of alkyl halides is 3. The second-order valence-corrected chi connectivity index (χ2v) is 7.75. The van der Waals surface area contributed by atoms with E-state index in [1.807, 2.05) is 35.2 Å². The number of nitrogens with zero attached hydrogens (tertiary/aromatic N) is 4. The van der Waals surface area contributed by atoms with Gasteiger partial charge in [0, 0.05) is 38.9 Å². The topological polar surface area (TPSA) is 66.0 Å². The Balaban J connectivity index is 1.39. The molecule has 2 amide bonds. The minimum atomic E-state index is -4.43. The van der Waals surface area contributed by atoms with E-state index in [1.54, 1.807) is 9.80 Å². The number of anilines is 1. The number of pyridine rings is 1. The second kappa shape index (κ2) is 9.15. The molecule has 1 atom stereocenters. The summed E-state index contributed by atoms with van der Waals surface area (Å²) in [5.74, 6) is 0.0204. The molecule has 7 nitrogen and oxygen atoms in total. The van der Waals surface area contributed by atoms with Crippen LogP contribution in [0.2, 0.25) is 0 Å². The molecule has 32 heavy (non-hydrogen) atoms. The van der Waals surface area contributed by atoms with Crippen molar-refractivity contribution in [3.8, 4) is 0 Å². The Labute approximate surface area is 183 Å². The molecule has 0 spiro atoms. The van der Waals surface area contributed by atoms with E-state index in [-0.39, 0.29) is 25.0 Å². The van der Waals surface area contributed by atoms with Gasteiger partial charge in [-0.3, -0.25) is 9.59 Å². The third-order valence-corrected chi connectivity index (χ3v) is 5.67. The molecule has 3 heterocycles. The summed E-state index contributed by atoms with van der Waals surface area (Å²) in [4.78, 5) is 34.7. The highest BCUT2D eigenvalue weighted by atomic mass is 19.4. The van der Waals surface area contributed by atoms with E-state index in [4.69, 9.17) is 4.74 Å². The molecule has 0 saturated carbocycles. The maximum absolute atomic E-state index is 13.2. The zero-order chi connectivity index (χ0) is 22.7. The number of piperazine rings is 1. The van der Waals surface area contributed by atoms with E-state index in [1.165, 1.54) is 6.07 Å². The third kappa shape index (κ3) is 4.85. The number of halogens is 3. The van der Waals surface area contributed by atoms with Crippen molar-refractivity contribution >= 4 is 17.6 Å². The van der Waals surface area contributed by atoms with Gasteiger partial charge in [-0.15, -0.1) is 0 Å². The summed E-state index contributed by atoms with van der Waals surface area (Å²) < 4.78 is 43.6. The highest BCUT2D eigenvalue weighted by Gasteiger charge is 2.37. The van der Waals surface area contributed by atoms with Gasteiger partial charge in [0.2, 0.25) is 11.8 Å². The number of hydrogen-bond acceptors (Lipinski definition) is 5. The van der Waals surface area contributed by atoms with Crippen molar-refractivity contribution in [2.24, 2.45) is 0 Å². The van der Waals surface area contributed by atoms with Crippen LogP contribution in [0.5, 0.6) is 0 Å². The Bertz CT molecular complexity index is 945. The predicted molar refractivity (Wildman–Crippen MR) is 110 cm³/mol. The van der Waals surface area contributed by atoms with Crippen molar-refractivity contribution in [1.29, 1.82) is 0 Å². The van der Waals surface area contributed by atoms with E-state index in [2.05, 4.69) is 4.98 Å². The van der Waals surface area contributed by atoms with Crippen LogP contribution in [-0.2, 0) is 27.0 Å². The van der Waals surface area contributed by atoms with E-state index < -0.39 is 17.8 Å². The number of rotatable bonds is 4. The number of benzene rings is 1. The van der Waals surface area contributed by atoms with Crippen molar-refractivity contribution in [3.63, 3.8) is 0 Å². The van der Waals surface area contributed by atoms with Crippen LogP contribution in [-0.4, -0.2) is 72.0 Å². The molecular weight excluding hydrogens is 425 g/mol. The fraction of sp³-hybridized carbons (Fsp3) is 0.409. The molecule has 2 fully saturated rings. The van der Waals surface area contributed by atoms with Crippen LogP contribution in [0.15, 0.2) is 48.7 Å². The summed E-state index contributed by atoms with van der Waals surface area (Å²) in [5.41, 5.74) is 0.134. The van der Waals surface area contributed by atoms with Crippen LogP contribution >= 0.6 is 0 Å². The minimum absolute atomic E-state index is 0.0516. The molecule has 2 aliphatic rings. The average molecular weight is 448 g/mol. The van der Waals surface area contributed by atoms with Crippen molar-refractivity contribution in [3.05, 3.63) is 59.8 Å². The van der Waals surface area contributed by atoms with Gasteiger partial charge in [0.1, 0.15) is 18.5 Å². The lowest BCUT2D eigenvalue weighted by molar-refractivity contribution is -0.160. The Morgan fingerprint density at radius 2 is 1.78 bits per heavy atom.